The van der Waals surface area contributed by atoms with E-state index in [1.165, 1.54) is 12.1 Å². The number of aromatic nitrogens is 1. The van der Waals surface area contributed by atoms with Gasteiger partial charge in [-0.15, -0.1) is 0 Å². The third-order valence-electron chi connectivity index (χ3n) is 5.05. The summed E-state index contributed by atoms with van der Waals surface area (Å²) in [5.74, 6) is -0.783. The minimum Gasteiger partial charge on any atom is -0.444 e. The van der Waals surface area contributed by atoms with Crippen LogP contribution in [0.3, 0.4) is 0 Å². The van der Waals surface area contributed by atoms with Crippen LogP contribution in [0.4, 0.5) is 4.39 Å². The molecule has 1 unspecified atom stereocenters. The van der Waals surface area contributed by atoms with E-state index in [4.69, 9.17) is 15.0 Å². The van der Waals surface area contributed by atoms with Gasteiger partial charge in [0.1, 0.15) is 11.9 Å². The van der Waals surface area contributed by atoms with Gasteiger partial charge in [-0.3, -0.25) is 0 Å². The van der Waals surface area contributed by atoms with Gasteiger partial charge in [0.25, 0.3) is 0 Å². The molecule has 5 heteroatoms. The van der Waals surface area contributed by atoms with Gasteiger partial charge in [-0.05, 0) is 67.2 Å². The number of ether oxygens (including phenoxy) is 1. The maximum absolute atomic E-state index is 13.2. The van der Waals surface area contributed by atoms with Crippen LogP contribution in [0.25, 0.3) is 22.6 Å². The number of carbonyl (C=O) groups excluding carboxylic acids is 1. The average molecular weight is 386 g/mol. The van der Waals surface area contributed by atoms with Gasteiger partial charge >= 0.3 is 5.97 Å². The van der Waals surface area contributed by atoms with Gasteiger partial charge in [-0.25, -0.2) is 14.2 Å². The van der Waals surface area contributed by atoms with Crippen molar-refractivity contribution < 1.29 is 13.9 Å². The molecule has 0 amide bonds. The second-order valence-corrected chi connectivity index (χ2v) is 7.08. The molecule has 4 rings (SSSR count). The van der Waals surface area contributed by atoms with Gasteiger partial charge in [-0.1, -0.05) is 30.3 Å². The number of para-hydroxylation sites is 1. The van der Waals surface area contributed by atoms with E-state index in [0.717, 1.165) is 40.6 Å². The fourth-order valence-corrected chi connectivity index (χ4v) is 3.71. The third kappa shape index (κ3) is 3.74. The molecule has 0 saturated carbocycles. The van der Waals surface area contributed by atoms with Gasteiger partial charge in [0.15, 0.2) is 6.10 Å². The van der Waals surface area contributed by atoms with Crippen LogP contribution in [0.5, 0.6) is 0 Å². The third-order valence-corrected chi connectivity index (χ3v) is 5.05. The van der Waals surface area contributed by atoms with Crippen LogP contribution in [0.2, 0.25) is 0 Å². The molecular formula is C24H19FN2O2. The molecule has 0 fully saturated rings. The molecule has 0 N–H and O–H groups in total. The number of nitriles is 1. The van der Waals surface area contributed by atoms with E-state index in [2.05, 4.69) is 0 Å². The maximum atomic E-state index is 13.2. The molecule has 29 heavy (non-hydrogen) atoms. The first-order valence-electron chi connectivity index (χ1n) is 9.55. The Bertz CT molecular complexity index is 1160. The number of nitrogens with zero attached hydrogens (tertiary/aromatic N) is 2. The second-order valence-electron chi connectivity index (χ2n) is 7.08. The van der Waals surface area contributed by atoms with Crippen molar-refractivity contribution in [2.24, 2.45) is 0 Å². The molecular weight excluding hydrogens is 367 g/mol. The Kier molecular flexibility index (Phi) is 5.09. The summed E-state index contributed by atoms with van der Waals surface area (Å²) in [7, 11) is 0. The van der Waals surface area contributed by atoms with Crippen LogP contribution in [0.15, 0.2) is 48.5 Å². The Hall–Kier alpha value is -3.52. The van der Waals surface area contributed by atoms with E-state index in [0.29, 0.717) is 17.5 Å². The minimum atomic E-state index is -0.831. The Balaban J connectivity index is 1.89. The van der Waals surface area contributed by atoms with Crippen LogP contribution in [0.1, 0.15) is 46.9 Å². The van der Waals surface area contributed by atoms with Gasteiger partial charge in [0, 0.05) is 5.39 Å². The number of benzene rings is 2. The Morgan fingerprint density at radius 2 is 1.97 bits per heavy atom. The number of halogens is 1. The number of esters is 1. The van der Waals surface area contributed by atoms with Crippen molar-refractivity contribution in [1.82, 2.24) is 4.98 Å². The highest BCUT2D eigenvalue weighted by Crippen LogP contribution is 2.36. The summed E-state index contributed by atoms with van der Waals surface area (Å²) in [4.78, 5) is 17.8. The Morgan fingerprint density at radius 3 is 2.72 bits per heavy atom. The second kappa shape index (κ2) is 7.84. The molecule has 3 aromatic rings. The van der Waals surface area contributed by atoms with E-state index in [-0.39, 0.29) is 5.82 Å². The molecule has 1 aliphatic rings. The van der Waals surface area contributed by atoms with E-state index < -0.39 is 12.1 Å². The van der Waals surface area contributed by atoms with Crippen molar-refractivity contribution in [2.75, 3.05) is 0 Å². The molecule has 0 spiro atoms. The van der Waals surface area contributed by atoms with Crippen LogP contribution in [0, 0.1) is 17.1 Å². The normalized spacial score (nSPS) is 15.6. The first-order chi connectivity index (χ1) is 14.1. The highest BCUT2D eigenvalue weighted by Gasteiger charge is 2.26. The van der Waals surface area contributed by atoms with E-state index in [9.17, 15) is 9.18 Å². The van der Waals surface area contributed by atoms with Crippen LogP contribution >= 0.6 is 0 Å². The molecule has 144 valence electrons. The predicted molar refractivity (Wildman–Crippen MR) is 109 cm³/mol. The molecule has 1 heterocycles. The quantitative estimate of drug-likeness (QED) is 0.572. The summed E-state index contributed by atoms with van der Waals surface area (Å²) in [6.45, 7) is 1.55. The number of allylic oxidation sites excluding steroid dienone is 1. The number of rotatable bonds is 3. The first-order valence-corrected chi connectivity index (χ1v) is 9.55. The lowest BCUT2D eigenvalue weighted by Gasteiger charge is -2.22. The zero-order valence-electron chi connectivity index (χ0n) is 16.0. The number of pyridine rings is 1. The summed E-state index contributed by atoms with van der Waals surface area (Å²) in [5.41, 5.74) is 4.69. The monoisotopic (exact) mass is 386 g/mol. The molecule has 0 bridgehead atoms. The molecule has 1 aliphatic carbocycles. The van der Waals surface area contributed by atoms with Gasteiger partial charge in [0.2, 0.25) is 0 Å². The summed E-state index contributed by atoms with van der Waals surface area (Å²) in [5, 5.41) is 9.76. The van der Waals surface area contributed by atoms with Crippen molar-refractivity contribution in [3.05, 3.63) is 76.7 Å². The van der Waals surface area contributed by atoms with Crippen molar-refractivity contribution in [3.8, 4) is 6.07 Å². The SMILES string of the molecule is CC(C#N)OC(=O)c1c2c(nc3ccccc13)/C(=C/c1ccc(F)cc1)CCC2. The topological polar surface area (TPSA) is 63.0 Å². The minimum absolute atomic E-state index is 0.281. The Morgan fingerprint density at radius 1 is 1.21 bits per heavy atom. The van der Waals surface area contributed by atoms with Crippen LogP contribution < -0.4 is 0 Å². The molecule has 0 radical (unpaired) electrons. The van der Waals surface area contributed by atoms with Crippen molar-refractivity contribution in [1.29, 1.82) is 5.26 Å². The van der Waals surface area contributed by atoms with Gasteiger partial charge < -0.3 is 4.74 Å². The molecule has 0 aliphatic heterocycles. The lowest BCUT2D eigenvalue weighted by atomic mass is 9.86. The van der Waals surface area contributed by atoms with Gasteiger partial charge in [0.05, 0.1) is 16.8 Å². The van der Waals surface area contributed by atoms with Crippen LogP contribution in [-0.2, 0) is 11.2 Å². The smallest absolute Gasteiger partial charge is 0.340 e. The van der Waals surface area contributed by atoms with Crippen LogP contribution in [-0.4, -0.2) is 17.1 Å². The molecule has 0 saturated heterocycles. The molecule has 1 atom stereocenters. The molecule has 2 aromatic carbocycles. The van der Waals surface area contributed by atoms with Crippen molar-refractivity contribution in [2.45, 2.75) is 32.3 Å². The number of fused-ring (bicyclic) bond motifs is 2. The fourth-order valence-electron chi connectivity index (χ4n) is 3.71. The van der Waals surface area contributed by atoms with E-state index in [1.54, 1.807) is 19.1 Å². The summed E-state index contributed by atoms with van der Waals surface area (Å²) in [6.07, 6.45) is 3.56. The number of hydrogen-bond donors (Lipinski definition) is 0. The van der Waals surface area contributed by atoms with Gasteiger partial charge in [-0.2, -0.15) is 5.26 Å². The lowest BCUT2D eigenvalue weighted by molar-refractivity contribution is 0.0436. The fraction of sp³-hybridized carbons (Fsp3) is 0.208. The van der Waals surface area contributed by atoms with Crippen molar-refractivity contribution in [3.63, 3.8) is 0 Å². The summed E-state index contributed by atoms with van der Waals surface area (Å²) in [6, 6.07) is 15.7. The predicted octanol–water partition coefficient (Wildman–Crippen LogP) is 5.32. The average Bonchev–Trinajstić information content (AvgIpc) is 2.73. The summed E-state index contributed by atoms with van der Waals surface area (Å²) < 4.78 is 18.6. The highest BCUT2D eigenvalue weighted by atomic mass is 19.1. The highest BCUT2D eigenvalue weighted by molar-refractivity contribution is 6.06. The first kappa shape index (κ1) is 18.8. The zero-order chi connectivity index (χ0) is 20.4. The van der Waals surface area contributed by atoms with Crippen molar-refractivity contribution >= 4 is 28.5 Å². The van der Waals surface area contributed by atoms with E-state index >= 15 is 0 Å². The largest absolute Gasteiger partial charge is 0.444 e. The lowest BCUT2D eigenvalue weighted by Crippen LogP contribution is -2.18. The standard InChI is InChI=1S/C24H19FN2O2/c1-15(14-26)29-24(28)22-19-6-2-3-8-21(19)27-23-17(5-4-7-20(22)23)13-16-9-11-18(25)12-10-16/h2-3,6,8-13,15H,4-5,7H2,1H3/b17-13+. The molecule has 1 aromatic heterocycles. The maximum Gasteiger partial charge on any atom is 0.340 e. The number of carbonyl (C=O) groups is 1. The number of hydrogen-bond acceptors (Lipinski definition) is 4. The molecule has 4 nitrogen and oxygen atoms in total. The Labute approximate surface area is 168 Å². The van der Waals surface area contributed by atoms with E-state index in [1.807, 2.05) is 36.4 Å². The summed E-state index contributed by atoms with van der Waals surface area (Å²) >= 11 is 0. The zero-order valence-corrected chi connectivity index (χ0v) is 16.0.